The van der Waals surface area contributed by atoms with Crippen LogP contribution in [-0.2, 0) is 9.59 Å². The van der Waals surface area contributed by atoms with Crippen LogP contribution < -0.4 is 5.32 Å². The largest absolute Gasteiger partial charge is 0.480 e. The van der Waals surface area contributed by atoms with Crippen LogP contribution in [0.2, 0.25) is 0 Å². The molecular formula is C15H16N2O4S. The van der Waals surface area contributed by atoms with Gasteiger partial charge in [-0.1, -0.05) is 0 Å². The molecule has 1 aromatic rings. The number of hydrogen-bond donors (Lipinski definition) is 2. The van der Waals surface area contributed by atoms with Gasteiger partial charge in [0.1, 0.15) is 6.04 Å². The number of carbonyl (C=O) groups is 3. The zero-order valence-electron chi connectivity index (χ0n) is 11.9. The highest BCUT2D eigenvalue weighted by Gasteiger charge is 2.34. The van der Waals surface area contributed by atoms with Crippen LogP contribution in [0.4, 0.5) is 5.69 Å². The number of nitrogens with zero attached hydrogens (tertiary/aromatic N) is 1. The lowest BCUT2D eigenvalue weighted by atomic mass is 10.1. The molecular weight excluding hydrogens is 304 g/mol. The predicted octanol–water partition coefficient (Wildman–Crippen LogP) is 1.81. The van der Waals surface area contributed by atoms with E-state index in [1.165, 1.54) is 4.90 Å². The normalized spacial score (nSPS) is 21.0. The fourth-order valence-electron chi connectivity index (χ4n) is 2.79. The Bertz CT molecular complexity index is 646. The summed E-state index contributed by atoms with van der Waals surface area (Å²) in [6.07, 6.45) is 1.62. The van der Waals surface area contributed by atoms with Gasteiger partial charge in [-0.2, -0.15) is 0 Å². The number of fused-ring (bicyclic) bond motifs is 1. The van der Waals surface area contributed by atoms with Gasteiger partial charge in [0.15, 0.2) is 0 Å². The molecule has 0 aromatic heterocycles. The summed E-state index contributed by atoms with van der Waals surface area (Å²) in [7, 11) is 0. The Hall–Kier alpha value is -2.02. The van der Waals surface area contributed by atoms with E-state index in [1.807, 2.05) is 6.07 Å². The third kappa shape index (κ3) is 2.81. The first kappa shape index (κ1) is 14.9. The lowest BCUT2D eigenvalue weighted by Gasteiger charge is -2.22. The number of rotatable bonds is 2. The average molecular weight is 320 g/mol. The molecule has 2 heterocycles. The molecule has 2 N–H and O–H groups in total. The number of amides is 2. The van der Waals surface area contributed by atoms with Crippen molar-refractivity contribution in [2.75, 3.05) is 17.6 Å². The average Bonchev–Trinajstić information content (AvgIpc) is 2.90. The molecule has 3 rings (SSSR count). The molecule has 6 nitrogen and oxygen atoms in total. The van der Waals surface area contributed by atoms with E-state index in [1.54, 1.807) is 23.9 Å². The molecule has 1 saturated heterocycles. The van der Waals surface area contributed by atoms with E-state index in [2.05, 4.69) is 5.32 Å². The number of carbonyl (C=O) groups excluding carboxylic acids is 2. The molecule has 2 aliphatic rings. The second-order valence-electron chi connectivity index (χ2n) is 5.35. The topological polar surface area (TPSA) is 86.7 Å². The zero-order chi connectivity index (χ0) is 15.7. The molecule has 0 bridgehead atoms. The van der Waals surface area contributed by atoms with Crippen molar-refractivity contribution in [3.05, 3.63) is 23.8 Å². The molecule has 1 unspecified atom stereocenters. The molecule has 2 amide bonds. The molecule has 7 heteroatoms. The molecule has 0 aliphatic carbocycles. The van der Waals surface area contributed by atoms with Crippen molar-refractivity contribution >= 4 is 35.2 Å². The van der Waals surface area contributed by atoms with Gasteiger partial charge in [0.25, 0.3) is 5.91 Å². The number of hydrogen-bond acceptors (Lipinski definition) is 4. The number of aliphatic carboxylic acids is 1. The number of carboxylic acids is 1. The second-order valence-corrected chi connectivity index (χ2v) is 6.49. The summed E-state index contributed by atoms with van der Waals surface area (Å²) >= 11 is 1.57. The number of carboxylic acid groups (broad SMARTS) is 1. The van der Waals surface area contributed by atoms with Gasteiger partial charge in [-0.25, -0.2) is 4.79 Å². The lowest BCUT2D eigenvalue weighted by molar-refractivity contribution is -0.141. The van der Waals surface area contributed by atoms with E-state index in [9.17, 15) is 19.5 Å². The van der Waals surface area contributed by atoms with Crippen LogP contribution in [0.25, 0.3) is 0 Å². The predicted molar refractivity (Wildman–Crippen MR) is 82.1 cm³/mol. The van der Waals surface area contributed by atoms with E-state index in [0.717, 1.165) is 4.90 Å². The van der Waals surface area contributed by atoms with E-state index >= 15 is 0 Å². The Labute approximate surface area is 131 Å². The summed E-state index contributed by atoms with van der Waals surface area (Å²) < 4.78 is 0. The van der Waals surface area contributed by atoms with Crippen LogP contribution in [0.5, 0.6) is 0 Å². The Kier molecular flexibility index (Phi) is 4.06. The Morgan fingerprint density at radius 3 is 2.95 bits per heavy atom. The van der Waals surface area contributed by atoms with E-state index in [-0.39, 0.29) is 11.8 Å². The van der Waals surface area contributed by atoms with Crippen LogP contribution in [0, 0.1) is 0 Å². The van der Waals surface area contributed by atoms with Crippen molar-refractivity contribution in [2.45, 2.75) is 30.2 Å². The maximum Gasteiger partial charge on any atom is 0.326 e. The van der Waals surface area contributed by atoms with Crippen molar-refractivity contribution in [2.24, 2.45) is 0 Å². The van der Waals surface area contributed by atoms with Crippen molar-refractivity contribution in [3.63, 3.8) is 0 Å². The number of thioether (sulfide) groups is 1. The standard InChI is InChI=1S/C15H16N2O4S/c18-13-5-7-22-12-4-3-9(8-10(12)16-13)14(19)17-6-1-2-11(17)15(20)21/h3-4,8,11H,1-2,5-7H2,(H,16,18)(H,20,21). The highest BCUT2D eigenvalue weighted by Crippen LogP contribution is 2.32. The Balaban J connectivity index is 1.87. The third-order valence-electron chi connectivity index (χ3n) is 3.89. The highest BCUT2D eigenvalue weighted by atomic mass is 32.2. The van der Waals surface area contributed by atoms with Crippen LogP contribution in [-0.4, -0.2) is 46.1 Å². The SMILES string of the molecule is O=C1CCSc2ccc(C(=O)N3CCCC3C(=O)O)cc2N1. The van der Waals surface area contributed by atoms with Crippen LogP contribution in [0.1, 0.15) is 29.6 Å². The van der Waals surface area contributed by atoms with Crippen LogP contribution in [0.3, 0.4) is 0 Å². The fraction of sp³-hybridized carbons (Fsp3) is 0.400. The summed E-state index contributed by atoms with van der Waals surface area (Å²) in [6.45, 7) is 0.452. The summed E-state index contributed by atoms with van der Waals surface area (Å²) in [5, 5.41) is 12.0. The minimum absolute atomic E-state index is 0.0690. The lowest BCUT2D eigenvalue weighted by Crippen LogP contribution is -2.40. The third-order valence-corrected chi connectivity index (χ3v) is 4.96. The van der Waals surface area contributed by atoms with E-state index in [4.69, 9.17) is 0 Å². The molecule has 0 saturated carbocycles. The molecule has 1 aromatic carbocycles. The molecule has 22 heavy (non-hydrogen) atoms. The maximum absolute atomic E-state index is 12.6. The van der Waals surface area contributed by atoms with Crippen LogP contribution in [0.15, 0.2) is 23.1 Å². The second kappa shape index (κ2) is 6.00. The van der Waals surface area contributed by atoms with Gasteiger partial charge in [0.05, 0.1) is 5.69 Å². The molecule has 1 atom stereocenters. The van der Waals surface area contributed by atoms with E-state index < -0.39 is 12.0 Å². The number of benzene rings is 1. The van der Waals surface area contributed by atoms with Gasteiger partial charge in [0, 0.05) is 29.2 Å². The minimum Gasteiger partial charge on any atom is -0.480 e. The first-order valence-electron chi connectivity index (χ1n) is 7.17. The number of anilines is 1. The smallest absolute Gasteiger partial charge is 0.326 e. The van der Waals surface area contributed by atoms with Crippen molar-refractivity contribution < 1.29 is 19.5 Å². The molecule has 0 spiro atoms. The van der Waals surface area contributed by atoms with Gasteiger partial charge in [-0.05, 0) is 31.0 Å². The Morgan fingerprint density at radius 1 is 1.36 bits per heavy atom. The van der Waals surface area contributed by atoms with Crippen LogP contribution >= 0.6 is 11.8 Å². The molecule has 0 radical (unpaired) electrons. The van der Waals surface area contributed by atoms with E-state index in [0.29, 0.717) is 42.8 Å². The zero-order valence-corrected chi connectivity index (χ0v) is 12.7. The van der Waals surface area contributed by atoms with Crippen molar-refractivity contribution in [1.29, 1.82) is 0 Å². The highest BCUT2D eigenvalue weighted by molar-refractivity contribution is 7.99. The molecule has 1 fully saturated rings. The van der Waals surface area contributed by atoms with Crippen molar-refractivity contribution in [1.82, 2.24) is 4.90 Å². The summed E-state index contributed by atoms with van der Waals surface area (Å²) in [5.74, 6) is -0.625. The van der Waals surface area contributed by atoms with Gasteiger partial charge >= 0.3 is 5.97 Å². The van der Waals surface area contributed by atoms with Gasteiger partial charge in [-0.3, -0.25) is 9.59 Å². The monoisotopic (exact) mass is 320 g/mol. The quantitative estimate of drug-likeness (QED) is 0.868. The van der Waals surface area contributed by atoms with Crippen molar-refractivity contribution in [3.8, 4) is 0 Å². The van der Waals surface area contributed by atoms with Gasteiger partial charge < -0.3 is 15.3 Å². The number of likely N-dealkylation sites (tertiary alicyclic amines) is 1. The summed E-state index contributed by atoms with van der Waals surface area (Å²) in [4.78, 5) is 37.7. The molecule has 2 aliphatic heterocycles. The van der Waals surface area contributed by atoms with Gasteiger partial charge in [0.2, 0.25) is 5.91 Å². The first-order valence-corrected chi connectivity index (χ1v) is 8.15. The molecule has 116 valence electrons. The number of nitrogens with one attached hydrogen (secondary N) is 1. The summed E-state index contributed by atoms with van der Waals surface area (Å²) in [6, 6.07) is 4.40. The Morgan fingerprint density at radius 2 is 2.18 bits per heavy atom. The van der Waals surface area contributed by atoms with Gasteiger partial charge in [-0.15, -0.1) is 11.8 Å². The fourth-order valence-corrected chi connectivity index (χ4v) is 3.72. The summed E-state index contributed by atoms with van der Waals surface area (Å²) in [5.41, 5.74) is 1.04. The first-order chi connectivity index (χ1) is 10.6. The minimum atomic E-state index is -0.968. The maximum atomic E-state index is 12.6.